The summed E-state index contributed by atoms with van der Waals surface area (Å²) in [4.78, 5) is 0. The van der Waals surface area contributed by atoms with Crippen molar-refractivity contribution >= 4 is 7.68 Å². The first-order chi connectivity index (χ1) is 14.3. The van der Waals surface area contributed by atoms with Gasteiger partial charge in [-0.3, -0.25) is 0 Å². The third-order valence-electron chi connectivity index (χ3n) is 6.74. The van der Waals surface area contributed by atoms with E-state index in [1.165, 1.54) is 89.9 Å². The van der Waals surface area contributed by atoms with Gasteiger partial charge in [-0.1, -0.05) is 96.6 Å². The summed E-state index contributed by atoms with van der Waals surface area (Å²) in [5.41, 5.74) is 0. The number of allylic oxidation sites excluding steroid dienone is 2. The van der Waals surface area contributed by atoms with Crippen LogP contribution in [-0.4, -0.2) is 30.9 Å². The summed E-state index contributed by atoms with van der Waals surface area (Å²) in [6, 6.07) is 0. The lowest BCUT2D eigenvalue weighted by molar-refractivity contribution is -0.908. The van der Waals surface area contributed by atoms with Gasteiger partial charge in [0.15, 0.2) is 0 Å². The Hall–Kier alpha value is -0.400. The molecule has 0 aromatic heterocycles. The van der Waals surface area contributed by atoms with Gasteiger partial charge in [0.2, 0.25) is 5.28 Å². The molecule has 4 heteroatoms. The van der Waals surface area contributed by atoms with Crippen LogP contribution >= 0.6 is 7.68 Å². The van der Waals surface area contributed by atoms with Crippen LogP contribution in [0.4, 0.5) is 0 Å². The Balaban J connectivity index is 3.56. The molecule has 0 rings (SSSR count). The maximum absolute atomic E-state index is 11.9. The fourth-order valence-corrected chi connectivity index (χ4v) is 5.55. The Morgan fingerprint density at radius 3 is 1.40 bits per heavy atom. The molecule has 0 aliphatic carbocycles. The molecule has 0 N–H and O–H groups in total. The second kappa shape index (κ2) is 18.2. The number of nitrogens with zero attached hydrogens (tertiary/aromatic N) is 1. The summed E-state index contributed by atoms with van der Waals surface area (Å²) in [6.07, 6.45) is 27.1. The summed E-state index contributed by atoms with van der Waals surface area (Å²) >= 11 is 0. The first kappa shape index (κ1) is 29.6. The molecule has 0 aromatic carbocycles. The van der Waals surface area contributed by atoms with Crippen LogP contribution in [0.3, 0.4) is 0 Å². The van der Waals surface area contributed by atoms with Crippen molar-refractivity contribution in [3.8, 4) is 0 Å². The van der Waals surface area contributed by atoms with Gasteiger partial charge in [-0.15, -0.1) is 0 Å². The second-order valence-corrected chi connectivity index (χ2v) is 11.3. The molecule has 30 heavy (non-hydrogen) atoms. The van der Waals surface area contributed by atoms with Crippen molar-refractivity contribution < 1.29 is 13.6 Å². The third-order valence-corrected chi connectivity index (χ3v) is 8.56. The minimum Gasteiger partial charge on any atom is -0.314 e. The van der Waals surface area contributed by atoms with E-state index < -0.39 is 13.0 Å². The molecule has 1 unspecified atom stereocenters. The minimum atomic E-state index is -2.41. The monoisotopic (exact) mass is 442 g/mol. The molecular weight excluding hydrogens is 389 g/mol. The molecule has 0 radical (unpaired) electrons. The molecular formula is C26H53NO2P+. The largest absolute Gasteiger partial charge is 0.378 e. The van der Waals surface area contributed by atoms with E-state index in [0.717, 1.165) is 19.3 Å². The van der Waals surface area contributed by atoms with Crippen LogP contribution in [0.25, 0.3) is 0 Å². The van der Waals surface area contributed by atoms with E-state index in [-0.39, 0.29) is 0 Å². The van der Waals surface area contributed by atoms with Gasteiger partial charge in [-0.25, -0.2) is 9.13 Å². The zero-order valence-electron chi connectivity index (χ0n) is 21.1. The van der Waals surface area contributed by atoms with E-state index in [9.17, 15) is 9.13 Å². The Kier molecular flexibility index (Phi) is 18.0. The number of unbranched alkanes of at least 4 members (excludes halogenated alkanes) is 14. The first-order valence-corrected chi connectivity index (χ1v) is 14.1. The highest BCUT2D eigenvalue weighted by molar-refractivity contribution is 7.32. The van der Waals surface area contributed by atoms with Crippen LogP contribution in [-0.2, 0) is 9.13 Å². The second-order valence-electron chi connectivity index (χ2n) is 10.0. The van der Waals surface area contributed by atoms with Crippen molar-refractivity contribution in [2.75, 3.05) is 21.1 Å². The molecule has 0 amide bonds. The van der Waals surface area contributed by atoms with E-state index in [2.05, 4.69) is 19.1 Å². The Bertz CT molecular complexity index is 486. The zero-order valence-corrected chi connectivity index (χ0v) is 22.0. The fraction of sp³-hybridized carbons (Fsp3) is 0.923. The van der Waals surface area contributed by atoms with Gasteiger partial charge in [-0.2, -0.15) is 0 Å². The van der Waals surface area contributed by atoms with Crippen molar-refractivity contribution in [2.24, 2.45) is 0 Å². The van der Waals surface area contributed by atoms with Crippen molar-refractivity contribution in [1.82, 2.24) is 0 Å². The lowest BCUT2D eigenvalue weighted by Crippen LogP contribution is -2.53. The predicted molar refractivity (Wildman–Crippen MR) is 133 cm³/mol. The number of rotatable bonds is 21. The SMILES string of the molecule is CCCCCC=CCCCCCCCCCCCCCC(CC)(P(=O)=O)[N+](C)(C)C. The van der Waals surface area contributed by atoms with Gasteiger partial charge in [0.25, 0.3) is 0 Å². The van der Waals surface area contributed by atoms with Gasteiger partial charge >= 0.3 is 7.68 Å². The van der Waals surface area contributed by atoms with Gasteiger partial charge in [0.1, 0.15) is 0 Å². The summed E-state index contributed by atoms with van der Waals surface area (Å²) in [6.45, 7) is 4.27. The van der Waals surface area contributed by atoms with Crippen LogP contribution in [0, 0.1) is 0 Å². The van der Waals surface area contributed by atoms with Crippen molar-refractivity contribution in [3.63, 3.8) is 0 Å². The Morgan fingerprint density at radius 2 is 1.03 bits per heavy atom. The molecule has 0 aliphatic rings. The minimum absolute atomic E-state index is 0.511. The molecule has 0 saturated carbocycles. The van der Waals surface area contributed by atoms with Crippen LogP contribution in [0.5, 0.6) is 0 Å². The topological polar surface area (TPSA) is 34.1 Å². The standard InChI is InChI=1S/C26H53NO2P/c1-6-8-9-10-11-12-13-14-15-16-17-18-19-20-21-22-23-24-25-26(7-2,30(28)29)27(3,4)5/h11-12H,6-10,13-25H2,1-5H3/q+1. The highest BCUT2D eigenvalue weighted by Gasteiger charge is 2.46. The number of hydrogen-bond donors (Lipinski definition) is 0. The van der Waals surface area contributed by atoms with E-state index in [1.54, 1.807) is 0 Å². The molecule has 0 saturated heterocycles. The van der Waals surface area contributed by atoms with Crippen molar-refractivity contribution in [3.05, 3.63) is 12.2 Å². The molecule has 0 spiro atoms. The van der Waals surface area contributed by atoms with E-state index in [0.29, 0.717) is 10.9 Å². The molecule has 0 aromatic rings. The van der Waals surface area contributed by atoms with Gasteiger partial charge in [0.05, 0.1) is 21.1 Å². The predicted octanol–water partition coefficient (Wildman–Crippen LogP) is 9.18. The highest BCUT2D eigenvalue weighted by Crippen LogP contribution is 2.43. The summed E-state index contributed by atoms with van der Waals surface area (Å²) in [7, 11) is 3.63. The van der Waals surface area contributed by atoms with Crippen LogP contribution in [0.15, 0.2) is 12.2 Å². The quantitative estimate of drug-likeness (QED) is 0.0768. The zero-order chi connectivity index (χ0) is 22.7. The lowest BCUT2D eigenvalue weighted by Gasteiger charge is -2.40. The Morgan fingerprint density at radius 1 is 0.633 bits per heavy atom. The molecule has 178 valence electrons. The lowest BCUT2D eigenvalue weighted by atomic mass is 10.0. The molecule has 3 nitrogen and oxygen atoms in total. The summed E-state index contributed by atoms with van der Waals surface area (Å²) in [5, 5.41) is -0.597. The summed E-state index contributed by atoms with van der Waals surface area (Å²) < 4.78 is 24.4. The first-order valence-electron chi connectivity index (χ1n) is 12.9. The maximum Gasteiger partial charge on any atom is 0.378 e. The van der Waals surface area contributed by atoms with Crippen molar-refractivity contribution in [2.45, 2.75) is 135 Å². The van der Waals surface area contributed by atoms with Gasteiger partial charge < -0.3 is 4.48 Å². The van der Waals surface area contributed by atoms with E-state index >= 15 is 0 Å². The van der Waals surface area contributed by atoms with Crippen molar-refractivity contribution in [1.29, 1.82) is 0 Å². The molecule has 1 atom stereocenters. The number of hydrogen-bond acceptors (Lipinski definition) is 2. The smallest absolute Gasteiger partial charge is 0.314 e. The van der Waals surface area contributed by atoms with E-state index in [1.807, 2.05) is 28.1 Å². The average Bonchev–Trinajstić information content (AvgIpc) is 2.68. The maximum atomic E-state index is 11.9. The van der Waals surface area contributed by atoms with Crippen LogP contribution in [0.2, 0.25) is 0 Å². The van der Waals surface area contributed by atoms with Crippen LogP contribution in [0.1, 0.15) is 129 Å². The molecule has 0 aliphatic heterocycles. The van der Waals surface area contributed by atoms with Gasteiger partial charge in [-0.05, 0) is 32.1 Å². The molecule has 0 fully saturated rings. The third kappa shape index (κ3) is 13.1. The van der Waals surface area contributed by atoms with Gasteiger partial charge in [0, 0.05) is 12.8 Å². The highest BCUT2D eigenvalue weighted by atomic mass is 31.1. The molecule has 0 bridgehead atoms. The molecule has 0 heterocycles. The summed E-state index contributed by atoms with van der Waals surface area (Å²) in [5.74, 6) is 0. The number of quaternary nitrogens is 1. The van der Waals surface area contributed by atoms with Crippen LogP contribution < -0.4 is 0 Å². The fourth-order valence-electron chi connectivity index (χ4n) is 4.46. The average molecular weight is 443 g/mol. The van der Waals surface area contributed by atoms with E-state index in [4.69, 9.17) is 0 Å². The normalized spacial score (nSPS) is 14.3. The Labute approximate surface area is 189 Å².